The van der Waals surface area contributed by atoms with E-state index < -0.39 is 0 Å². The Labute approximate surface area is 266 Å². The Morgan fingerprint density at radius 2 is 1.61 bits per heavy atom. The highest BCUT2D eigenvalue weighted by Gasteiger charge is 2.21. The molecule has 1 aromatic heterocycles. The van der Waals surface area contributed by atoms with Gasteiger partial charge in [0.1, 0.15) is 0 Å². The van der Waals surface area contributed by atoms with E-state index in [2.05, 4.69) is 85.6 Å². The zero-order chi connectivity index (χ0) is 31.6. The zero-order valence-electron chi connectivity index (χ0n) is 25.9. The van der Waals surface area contributed by atoms with E-state index in [1.807, 2.05) is 80.7 Å². The minimum atomic E-state index is 0.0188. The van der Waals surface area contributed by atoms with Crippen molar-refractivity contribution in [3.05, 3.63) is 190 Å². The molecule has 44 heavy (non-hydrogen) atoms. The minimum Gasteiger partial charge on any atom is -0.311 e. The molecule has 2 aromatic rings. The number of aryl methyl sites for hydroxylation is 1. The van der Waals surface area contributed by atoms with Crippen LogP contribution in [0.1, 0.15) is 36.3 Å². The van der Waals surface area contributed by atoms with Gasteiger partial charge in [0, 0.05) is 61.1 Å². The third kappa shape index (κ3) is 6.82. The fraction of sp³-hybridized carbons (Fsp3) is 0.125. The van der Waals surface area contributed by atoms with Gasteiger partial charge in [-0.1, -0.05) is 74.9 Å². The van der Waals surface area contributed by atoms with Gasteiger partial charge >= 0.3 is 0 Å². The van der Waals surface area contributed by atoms with Crippen LogP contribution in [0.5, 0.6) is 0 Å². The lowest BCUT2D eigenvalue weighted by Gasteiger charge is -2.27. The molecule has 0 fully saturated rings. The Kier molecular flexibility index (Phi) is 10.9. The van der Waals surface area contributed by atoms with Gasteiger partial charge in [-0.2, -0.15) is 0 Å². The Balaban J connectivity index is 1.89. The minimum absolute atomic E-state index is 0.0188. The SMILES string of the molecule is C=CC(=C)N(C1=CC=CCC=C1)C1=CCc2sc3c(C)cc(N(/C(C=C)=C/C=C\C)/C(C=C)=C/C=C\C)cc3c(=O)c2C=C1. The van der Waals surface area contributed by atoms with Crippen molar-refractivity contribution in [1.82, 2.24) is 4.90 Å². The lowest BCUT2D eigenvalue weighted by Crippen LogP contribution is -2.20. The second kappa shape index (κ2) is 15.0. The van der Waals surface area contributed by atoms with Crippen molar-refractivity contribution in [2.24, 2.45) is 0 Å². The first-order valence-electron chi connectivity index (χ1n) is 14.7. The molecule has 2 aliphatic rings. The molecule has 0 unspecified atom stereocenters. The number of fused-ring (bicyclic) bond motifs is 2. The van der Waals surface area contributed by atoms with E-state index in [0.29, 0.717) is 17.4 Å². The van der Waals surface area contributed by atoms with Gasteiger partial charge in [-0.3, -0.25) is 4.79 Å². The highest BCUT2D eigenvalue weighted by Crippen LogP contribution is 2.35. The maximum absolute atomic E-state index is 14.2. The number of nitrogens with zero attached hydrogens (tertiary/aromatic N) is 2. The second-order valence-electron chi connectivity index (χ2n) is 10.2. The Morgan fingerprint density at radius 3 is 2.25 bits per heavy atom. The number of allylic oxidation sites excluding steroid dienone is 16. The van der Waals surface area contributed by atoms with Gasteiger partial charge in [-0.15, -0.1) is 11.3 Å². The molecule has 1 aromatic carbocycles. The molecule has 3 nitrogen and oxygen atoms in total. The summed E-state index contributed by atoms with van der Waals surface area (Å²) in [7, 11) is 0. The molecule has 0 aliphatic heterocycles. The predicted molar refractivity (Wildman–Crippen MR) is 194 cm³/mol. The fourth-order valence-corrected chi connectivity index (χ4v) is 6.32. The summed E-state index contributed by atoms with van der Waals surface area (Å²) in [4.78, 5) is 19.4. The van der Waals surface area contributed by atoms with E-state index in [9.17, 15) is 4.79 Å². The molecule has 0 bridgehead atoms. The summed E-state index contributed by atoms with van der Waals surface area (Å²) < 4.78 is 0.991. The average molecular weight is 597 g/mol. The smallest absolute Gasteiger partial charge is 0.195 e. The summed E-state index contributed by atoms with van der Waals surface area (Å²) in [5, 5.41) is 0.692. The van der Waals surface area contributed by atoms with Gasteiger partial charge in [-0.25, -0.2) is 0 Å². The summed E-state index contributed by atoms with van der Waals surface area (Å²) >= 11 is 1.68. The molecule has 0 saturated carbocycles. The summed E-state index contributed by atoms with van der Waals surface area (Å²) in [6.45, 7) is 22.4. The molecule has 0 atom stereocenters. The summed E-state index contributed by atoms with van der Waals surface area (Å²) in [6, 6.07) is 4.13. The lowest BCUT2D eigenvalue weighted by atomic mass is 10.1. The average Bonchev–Trinajstić information content (AvgIpc) is 3.43. The zero-order valence-corrected chi connectivity index (χ0v) is 26.7. The summed E-state index contributed by atoms with van der Waals surface area (Å²) in [5.74, 6) is 0. The van der Waals surface area contributed by atoms with Crippen LogP contribution in [0, 0.1) is 6.92 Å². The van der Waals surface area contributed by atoms with Crippen LogP contribution < -0.4 is 10.3 Å². The molecule has 0 saturated heterocycles. The number of benzene rings is 1. The number of rotatable bonds is 11. The van der Waals surface area contributed by atoms with Crippen molar-refractivity contribution >= 4 is 33.2 Å². The van der Waals surface area contributed by atoms with Gasteiger partial charge < -0.3 is 9.80 Å². The van der Waals surface area contributed by atoms with Crippen LogP contribution in [0.25, 0.3) is 16.2 Å². The van der Waals surface area contributed by atoms with Gasteiger partial charge in [-0.05, 0) is 99.6 Å². The molecule has 4 heteroatoms. The molecule has 0 radical (unpaired) electrons. The van der Waals surface area contributed by atoms with E-state index in [1.165, 1.54) is 0 Å². The second-order valence-corrected chi connectivity index (χ2v) is 11.3. The third-order valence-electron chi connectivity index (χ3n) is 7.31. The molecule has 222 valence electrons. The van der Waals surface area contributed by atoms with Crippen LogP contribution in [-0.4, -0.2) is 4.90 Å². The molecule has 0 amide bonds. The van der Waals surface area contributed by atoms with E-state index >= 15 is 0 Å². The predicted octanol–water partition coefficient (Wildman–Crippen LogP) is 10.5. The van der Waals surface area contributed by atoms with Gasteiger partial charge in [0.25, 0.3) is 0 Å². The Morgan fingerprint density at radius 1 is 0.909 bits per heavy atom. The van der Waals surface area contributed by atoms with Crippen molar-refractivity contribution in [3.63, 3.8) is 0 Å². The van der Waals surface area contributed by atoms with Crippen LogP contribution in [-0.2, 0) is 6.42 Å². The normalized spacial score (nSPS) is 15.1. The van der Waals surface area contributed by atoms with Crippen LogP contribution in [0.3, 0.4) is 0 Å². The van der Waals surface area contributed by atoms with E-state index in [1.54, 1.807) is 17.4 Å². The molecule has 1 heterocycles. The van der Waals surface area contributed by atoms with E-state index in [0.717, 1.165) is 55.7 Å². The van der Waals surface area contributed by atoms with Crippen molar-refractivity contribution in [3.8, 4) is 0 Å². The maximum atomic E-state index is 14.2. The first-order valence-corrected chi connectivity index (χ1v) is 15.5. The molecule has 0 N–H and O–H groups in total. The first kappa shape index (κ1) is 32.0. The molecule has 0 spiro atoms. The van der Waals surface area contributed by atoms with Gasteiger partial charge in [0.05, 0.1) is 0 Å². The van der Waals surface area contributed by atoms with Crippen LogP contribution in [0.15, 0.2) is 169 Å². The highest BCUT2D eigenvalue weighted by atomic mass is 32.1. The maximum Gasteiger partial charge on any atom is 0.195 e. The standard InChI is InChI=1S/C40H40N2OS/c1-8-13-19-31(11-4)42(32(12-5)20-14-9-2)35-27-29(6)40-37(28-35)39(43)36-25-23-34(24-26-38(36)44-40)41(30(7)10-3)33-21-17-15-16-18-22-33/h8-15,17-25,27-28H,3-5,7,16,26H2,1-2,6H3/b13-8-,14-9-,31-19+,32-20+. The van der Waals surface area contributed by atoms with E-state index in [-0.39, 0.29) is 5.43 Å². The van der Waals surface area contributed by atoms with Crippen molar-refractivity contribution < 1.29 is 0 Å². The lowest BCUT2D eigenvalue weighted by molar-refractivity contribution is 0.579. The van der Waals surface area contributed by atoms with Crippen LogP contribution in [0.4, 0.5) is 5.69 Å². The summed E-state index contributed by atoms with van der Waals surface area (Å²) in [6.07, 6.45) is 35.4. The number of hydrogen-bond acceptors (Lipinski definition) is 4. The first-order chi connectivity index (χ1) is 21.4. The van der Waals surface area contributed by atoms with Crippen LogP contribution in [0.2, 0.25) is 0 Å². The van der Waals surface area contributed by atoms with Crippen LogP contribution >= 0.6 is 11.3 Å². The Bertz CT molecular complexity index is 1790. The highest BCUT2D eigenvalue weighted by molar-refractivity contribution is 7.18. The molecular formula is C40H40N2OS. The number of anilines is 1. The fourth-order valence-electron chi connectivity index (χ4n) is 5.15. The topological polar surface area (TPSA) is 23.6 Å². The molecule has 4 rings (SSSR count). The van der Waals surface area contributed by atoms with Gasteiger partial charge in [0.2, 0.25) is 0 Å². The van der Waals surface area contributed by atoms with E-state index in [4.69, 9.17) is 0 Å². The van der Waals surface area contributed by atoms with Crippen molar-refractivity contribution in [2.75, 3.05) is 4.90 Å². The summed E-state index contributed by atoms with van der Waals surface area (Å²) in [5.41, 5.74) is 7.10. The monoisotopic (exact) mass is 596 g/mol. The quantitative estimate of drug-likeness (QED) is 0.241. The Hall–Kier alpha value is -4.93. The molecular weight excluding hydrogens is 557 g/mol. The molecule has 2 aliphatic carbocycles. The van der Waals surface area contributed by atoms with Gasteiger partial charge in [0.15, 0.2) is 5.43 Å². The third-order valence-corrected chi connectivity index (χ3v) is 8.69. The largest absolute Gasteiger partial charge is 0.311 e. The number of hydrogen-bond donors (Lipinski definition) is 0. The van der Waals surface area contributed by atoms with Crippen molar-refractivity contribution in [2.45, 2.75) is 33.6 Å². The van der Waals surface area contributed by atoms with Crippen molar-refractivity contribution in [1.29, 1.82) is 0 Å².